The summed E-state index contributed by atoms with van der Waals surface area (Å²) < 4.78 is 26.9. The lowest BCUT2D eigenvalue weighted by Gasteiger charge is -2.36. The SMILES string of the molecule is O=S(=O)(c1ccc(Cl)c(Cl)c1)N1CCC(N2CCCC2)CC1. The van der Waals surface area contributed by atoms with Gasteiger partial charge in [0.15, 0.2) is 0 Å². The Labute approximate surface area is 142 Å². The molecule has 0 saturated carbocycles. The first kappa shape index (κ1) is 16.5. The van der Waals surface area contributed by atoms with Gasteiger partial charge in [-0.05, 0) is 57.0 Å². The zero-order chi connectivity index (χ0) is 15.7. The third kappa shape index (κ3) is 3.29. The van der Waals surface area contributed by atoms with E-state index in [-0.39, 0.29) is 9.92 Å². The van der Waals surface area contributed by atoms with Crippen LogP contribution in [-0.4, -0.2) is 49.8 Å². The summed E-state index contributed by atoms with van der Waals surface area (Å²) >= 11 is 11.8. The Kier molecular flexibility index (Phi) is 5.00. The fourth-order valence-electron chi connectivity index (χ4n) is 3.34. The molecule has 0 amide bonds. The van der Waals surface area contributed by atoms with Crippen LogP contribution in [-0.2, 0) is 10.0 Å². The largest absolute Gasteiger partial charge is 0.300 e. The maximum atomic E-state index is 12.7. The highest BCUT2D eigenvalue weighted by atomic mass is 35.5. The second-order valence-electron chi connectivity index (χ2n) is 5.95. The van der Waals surface area contributed by atoms with Crippen molar-refractivity contribution in [2.75, 3.05) is 26.2 Å². The van der Waals surface area contributed by atoms with Crippen LogP contribution in [0, 0.1) is 0 Å². The summed E-state index contributed by atoms with van der Waals surface area (Å²) in [4.78, 5) is 2.73. The fraction of sp³-hybridized carbons (Fsp3) is 0.600. The van der Waals surface area contributed by atoms with E-state index in [4.69, 9.17) is 23.2 Å². The summed E-state index contributed by atoms with van der Waals surface area (Å²) in [5, 5.41) is 0.642. The molecule has 2 aliphatic heterocycles. The molecule has 2 saturated heterocycles. The Morgan fingerprint density at radius 3 is 2.18 bits per heavy atom. The average Bonchev–Trinajstić information content (AvgIpc) is 3.04. The molecule has 3 rings (SSSR count). The Bertz CT molecular complexity index is 637. The molecule has 0 unspecified atom stereocenters. The zero-order valence-electron chi connectivity index (χ0n) is 12.3. The van der Waals surface area contributed by atoms with E-state index in [1.807, 2.05) is 0 Å². The van der Waals surface area contributed by atoms with Crippen LogP contribution < -0.4 is 0 Å². The number of benzene rings is 1. The molecular formula is C15H20Cl2N2O2S. The van der Waals surface area contributed by atoms with Gasteiger partial charge in [-0.15, -0.1) is 0 Å². The molecule has 2 aliphatic rings. The topological polar surface area (TPSA) is 40.6 Å². The Hall–Kier alpha value is -0.330. The first-order valence-electron chi connectivity index (χ1n) is 7.68. The van der Waals surface area contributed by atoms with Crippen molar-refractivity contribution < 1.29 is 8.42 Å². The Morgan fingerprint density at radius 1 is 0.955 bits per heavy atom. The van der Waals surface area contributed by atoms with Gasteiger partial charge in [0, 0.05) is 19.1 Å². The summed E-state index contributed by atoms with van der Waals surface area (Å²) in [5.41, 5.74) is 0. The van der Waals surface area contributed by atoms with Gasteiger partial charge in [-0.3, -0.25) is 0 Å². The maximum Gasteiger partial charge on any atom is 0.243 e. The second kappa shape index (κ2) is 6.65. The molecule has 1 aromatic carbocycles. The van der Waals surface area contributed by atoms with E-state index in [0.29, 0.717) is 24.2 Å². The first-order valence-corrected chi connectivity index (χ1v) is 9.87. The number of sulfonamides is 1. The molecule has 122 valence electrons. The van der Waals surface area contributed by atoms with Gasteiger partial charge >= 0.3 is 0 Å². The molecular weight excluding hydrogens is 343 g/mol. The molecule has 7 heteroatoms. The van der Waals surface area contributed by atoms with Crippen LogP contribution in [0.25, 0.3) is 0 Å². The van der Waals surface area contributed by atoms with Crippen molar-refractivity contribution >= 4 is 33.2 Å². The lowest BCUT2D eigenvalue weighted by molar-refractivity contribution is 0.168. The van der Waals surface area contributed by atoms with Crippen LogP contribution in [0.1, 0.15) is 25.7 Å². The van der Waals surface area contributed by atoms with E-state index >= 15 is 0 Å². The normalized spacial score (nSPS) is 22.3. The Balaban J connectivity index is 1.70. The minimum atomic E-state index is -3.48. The zero-order valence-corrected chi connectivity index (χ0v) is 14.7. The summed E-state index contributed by atoms with van der Waals surface area (Å²) in [6.45, 7) is 3.46. The summed E-state index contributed by atoms with van der Waals surface area (Å²) in [5.74, 6) is 0. The van der Waals surface area contributed by atoms with E-state index in [1.54, 1.807) is 4.31 Å². The van der Waals surface area contributed by atoms with E-state index in [1.165, 1.54) is 31.0 Å². The maximum absolute atomic E-state index is 12.7. The second-order valence-corrected chi connectivity index (χ2v) is 8.71. The monoisotopic (exact) mass is 362 g/mol. The van der Waals surface area contributed by atoms with Crippen LogP contribution >= 0.6 is 23.2 Å². The van der Waals surface area contributed by atoms with Crippen molar-refractivity contribution in [2.24, 2.45) is 0 Å². The van der Waals surface area contributed by atoms with Crippen LogP contribution in [0.2, 0.25) is 10.0 Å². The summed E-state index contributed by atoms with van der Waals surface area (Å²) in [6, 6.07) is 5.03. The molecule has 1 aromatic rings. The van der Waals surface area contributed by atoms with Crippen LogP contribution in [0.15, 0.2) is 23.1 Å². The molecule has 0 radical (unpaired) electrons. The lowest BCUT2D eigenvalue weighted by atomic mass is 10.1. The van der Waals surface area contributed by atoms with E-state index in [2.05, 4.69) is 4.90 Å². The molecule has 0 atom stereocenters. The molecule has 0 N–H and O–H groups in total. The van der Waals surface area contributed by atoms with Gasteiger partial charge in [0.25, 0.3) is 0 Å². The van der Waals surface area contributed by atoms with Gasteiger partial charge < -0.3 is 4.90 Å². The first-order chi connectivity index (χ1) is 10.5. The third-order valence-electron chi connectivity index (χ3n) is 4.61. The van der Waals surface area contributed by atoms with Gasteiger partial charge in [-0.25, -0.2) is 8.42 Å². The lowest BCUT2D eigenvalue weighted by Crippen LogP contribution is -2.45. The number of hydrogen-bond acceptors (Lipinski definition) is 3. The number of nitrogens with zero attached hydrogens (tertiary/aromatic N) is 2. The van der Waals surface area contributed by atoms with Crippen molar-refractivity contribution in [3.8, 4) is 0 Å². The van der Waals surface area contributed by atoms with E-state index < -0.39 is 10.0 Å². The van der Waals surface area contributed by atoms with Crippen molar-refractivity contribution in [1.82, 2.24) is 9.21 Å². The number of rotatable bonds is 3. The highest BCUT2D eigenvalue weighted by molar-refractivity contribution is 7.89. The number of hydrogen-bond donors (Lipinski definition) is 0. The number of likely N-dealkylation sites (tertiary alicyclic amines) is 1. The minimum absolute atomic E-state index is 0.224. The van der Waals surface area contributed by atoms with Gasteiger partial charge in [-0.1, -0.05) is 23.2 Å². The molecule has 0 aliphatic carbocycles. The van der Waals surface area contributed by atoms with Crippen molar-refractivity contribution in [3.63, 3.8) is 0 Å². The number of halogens is 2. The Morgan fingerprint density at radius 2 is 1.59 bits per heavy atom. The average molecular weight is 363 g/mol. The highest BCUT2D eigenvalue weighted by Crippen LogP contribution is 2.29. The van der Waals surface area contributed by atoms with Gasteiger partial charge in [0.1, 0.15) is 0 Å². The van der Waals surface area contributed by atoms with Gasteiger partial charge in [0.2, 0.25) is 10.0 Å². The number of piperidine rings is 1. The quantitative estimate of drug-likeness (QED) is 0.828. The predicted molar refractivity (Wildman–Crippen MR) is 89.0 cm³/mol. The third-order valence-corrected chi connectivity index (χ3v) is 7.24. The molecule has 2 heterocycles. The molecule has 4 nitrogen and oxygen atoms in total. The molecule has 22 heavy (non-hydrogen) atoms. The molecule has 0 bridgehead atoms. The highest BCUT2D eigenvalue weighted by Gasteiger charge is 2.32. The predicted octanol–water partition coefficient (Wildman–Crippen LogP) is 3.24. The van der Waals surface area contributed by atoms with Crippen molar-refractivity contribution in [3.05, 3.63) is 28.2 Å². The summed E-state index contributed by atoms with van der Waals surface area (Å²) in [6.07, 6.45) is 4.34. The van der Waals surface area contributed by atoms with Gasteiger partial charge in [-0.2, -0.15) is 4.31 Å². The molecule has 0 aromatic heterocycles. The van der Waals surface area contributed by atoms with Crippen LogP contribution in [0.5, 0.6) is 0 Å². The molecule has 0 spiro atoms. The van der Waals surface area contributed by atoms with Gasteiger partial charge in [0.05, 0.1) is 14.9 Å². The van der Waals surface area contributed by atoms with Crippen LogP contribution in [0.4, 0.5) is 0 Å². The smallest absolute Gasteiger partial charge is 0.243 e. The van der Waals surface area contributed by atoms with Crippen molar-refractivity contribution in [2.45, 2.75) is 36.6 Å². The van der Waals surface area contributed by atoms with E-state index in [0.717, 1.165) is 25.9 Å². The van der Waals surface area contributed by atoms with Crippen molar-refractivity contribution in [1.29, 1.82) is 0 Å². The minimum Gasteiger partial charge on any atom is -0.300 e. The summed E-state index contributed by atoms with van der Waals surface area (Å²) in [7, 11) is -3.48. The van der Waals surface area contributed by atoms with Crippen LogP contribution in [0.3, 0.4) is 0 Å². The standard InChI is InChI=1S/C15H20Cl2N2O2S/c16-14-4-3-13(11-15(14)17)22(20,21)19-9-5-12(6-10-19)18-7-1-2-8-18/h3-4,11-12H,1-2,5-10H2. The molecule has 2 fully saturated rings. The fourth-order valence-corrected chi connectivity index (χ4v) is 5.20. The van der Waals surface area contributed by atoms with E-state index in [9.17, 15) is 8.42 Å².